The van der Waals surface area contributed by atoms with Gasteiger partial charge in [-0.1, -0.05) is 18.5 Å². The maximum Gasteiger partial charge on any atom is 0.243 e. The predicted molar refractivity (Wildman–Crippen MR) is 81.0 cm³/mol. The highest BCUT2D eigenvalue weighted by Gasteiger charge is 2.30. The third-order valence-electron chi connectivity index (χ3n) is 3.36. The van der Waals surface area contributed by atoms with Gasteiger partial charge in [0.25, 0.3) is 0 Å². The number of anilines is 1. The molecule has 0 bridgehead atoms. The quantitative estimate of drug-likeness (QED) is 0.804. The molecule has 0 aliphatic carbocycles. The normalized spacial score (nSPS) is 19.5. The molecule has 1 aliphatic rings. The second-order valence-corrected chi connectivity index (χ2v) is 5.45. The molecule has 1 fully saturated rings. The Morgan fingerprint density at radius 3 is 2.95 bits per heavy atom. The lowest BCUT2D eigenvalue weighted by atomic mass is 10.2. The minimum atomic E-state index is -0.382. The number of hydrogen-bond donors (Lipinski definition) is 2. The van der Waals surface area contributed by atoms with Gasteiger partial charge < -0.3 is 5.32 Å². The second-order valence-electron chi connectivity index (χ2n) is 5.05. The third kappa shape index (κ3) is 3.92. The highest BCUT2D eigenvalue weighted by atomic mass is 35.5. The second kappa shape index (κ2) is 6.87. The standard InChI is InChI=1S/C14H19ClN4O2/c1-3-6-16-12-5-4-10(15)11(17-12)7-19-8-13(20)18-14(21)9(19)2/h4-5,9H,3,6-8H2,1-2H3,(H,16,17)(H,18,20,21). The Bertz CT molecular complexity index is 550. The molecule has 114 valence electrons. The predicted octanol–water partition coefficient (Wildman–Crippen LogP) is 1.40. The molecule has 1 atom stereocenters. The molecule has 0 aromatic carbocycles. The summed E-state index contributed by atoms with van der Waals surface area (Å²) < 4.78 is 0. The molecule has 1 aromatic heterocycles. The molecule has 1 unspecified atom stereocenters. The Kier molecular flexibility index (Phi) is 5.14. The lowest BCUT2D eigenvalue weighted by Gasteiger charge is -2.31. The van der Waals surface area contributed by atoms with E-state index in [0.717, 1.165) is 18.8 Å². The summed E-state index contributed by atoms with van der Waals surface area (Å²) in [5.41, 5.74) is 0.659. The number of amides is 2. The molecule has 2 heterocycles. The molecule has 2 amide bonds. The van der Waals surface area contributed by atoms with Gasteiger partial charge in [0.1, 0.15) is 5.82 Å². The van der Waals surface area contributed by atoms with Gasteiger partial charge in [0.2, 0.25) is 11.8 Å². The minimum Gasteiger partial charge on any atom is -0.370 e. The summed E-state index contributed by atoms with van der Waals surface area (Å²) >= 11 is 6.17. The van der Waals surface area contributed by atoms with E-state index < -0.39 is 0 Å². The summed E-state index contributed by atoms with van der Waals surface area (Å²) in [6.45, 7) is 5.19. The highest BCUT2D eigenvalue weighted by molar-refractivity contribution is 6.31. The maximum absolute atomic E-state index is 11.7. The first-order chi connectivity index (χ1) is 10.0. The van der Waals surface area contributed by atoms with Crippen molar-refractivity contribution in [2.24, 2.45) is 0 Å². The van der Waals surface area contributed by atoms with Gasteiger partial charge in [0.15, 0.2) is 0 Å². The lowest BCUT2D eigenvalue weighted by Crippen LogP contribution is -2.56. The van der Waals surface area contributed by atoms with Gasteiger partial charge in [-0.05, 0) is 25.5 Å². The van der Waals surface area contributed by atoms with Gasteiger partial charge >= 0.3 is 0 Å². The third-order valence-corrected chi connectivity index (χ3v) is 3.71. The van der Waals surface area contributed by atoms with Crippen LogP contribution in [-0.4, -0.2) is 40.8 Å². The van der Waals surface area contributed by atoms with Crippen LogP contribution in [0.2, 0.25) is 5.02 Å². The number of rotatable bonds is 5. The maximum atomic E-state index is 11.7. The van der Waals surface area contributed by atoms with Crippen molar-refractivity contribution in [1.29, 1.82) is 0 Å². The van der Waals surface area contributed by atoms with Crippen LogP contribution < -0.4 is 10.6 Å². The first-order valence-corrected chi connectivity index (χ1v) is 7.36. The van der Waals surface area contributed by atoms with E-state index in [-0.39, 0.29) is 24.4 Å². The van der Waals surface area contributed by atoms with Crippen LogP contribution in [0.1, 0.15) is 26.0 Å². The molecular formula is C14H19ClN4O2. The molecule has 0 radical (unpaired) electrons. The van der Waals surface area contributed by atoms with Gasteiger partial charge in [-0.15, -0.1) is 0 Å². The number of halogens is 1. The van der Waals surface area contributed by atoms with Gasteiger partial charge in [-0.25, -0.2) is 4.98 Å². The van der Waals surface area contributed by atoms with E-state index in [1.54, 1.807) is 17.9 Å². The molecule has 1 aromatic rings. The summed E-state index contributed by atoms with van der Waals surface area (Å²) in [6, 6.07) is 3.21. The van der Waals surface area contributed by atoms with Crippen molar-refractivity contribution in [1.82, 2.24) is 15.2 Å². The van der Waals surface area contributed by atoms with Crippen LogP contribution in [0.15, 0.2) is 12.1 Å². The van der Waals surface area contributed by atoms with Crippen molar-refractivity contribution in [3.8, 4) is 0 Å². The Morgan fingerprint density at radius 2 is 2.24 bits per heavy atom. The Morgan fingerprint density at radius 1 is 1.48 bits per heavy atom. The first kappa shape index (κ1) is 15.7. The molecule has 1 aliphatic heterocycles. The van der Waals surface area contributed by atoms with Crippen LogP contribution in [0.4, 0.5) is 5.82 Å². The first-order valence-electron chi connectivity index (χ1n) is 6.98. The average molecular weight is 311 g/mol. The van der Waals surface area contributed by atoms with Crippen molar-refractivity contribution < 1.29 is 9.59 Å². The number of pyridine rings is 1. The van der Waals surface area contributed by atoms with Crippen LogP contribution in [0.25, 0.3) is 0 Å². The molecular weight excluding hydrogens is 292 g/mol. The van der Waals surface area contributed by atoms with Gasteiger partial charge in [0.05, 0.1) is 23.3 Å². The summed E-state index contributed by atoms with van der Waals surface area (Å²) in [4.78, 5) is 29.4. The Hall–Kier alpha value is -1.66. The van der Waals surface area contributed by atoms with E-state index in [0.29, 0.717) is 17.3 Å². The fraction of sp³-hybridized carbons (Fsp3) is 0.500. The van der Waals surface area contributed by atoms with Crippen LogP contribution in [0.5, 0.6) is 0 Å². The number of imide groups is 1. The summed E-state index contributed by atoms with van der Waals surface area (Å²) in [6.07, 6.45) is 0.997. The molecule has 2 N–H and O–H groups in total. The number of piperazine rings is 1. The van der Waals surface area contributed by atoms with E-state index in [1.165, 1.54) is 0 Å². The SMILES string of the molecule is CCCNc1ccc(Cl)c(CN2CC(=O)NC(=O)C2C)n1. The van der Waals surface area contributed by atoms with E-state index in [1.807, 2.05) is 6.07 Å². The monoisotopic (exact) mass is 310 g/mol. The van der Waals surface area contributed by atoms with E-state index in [4.69, 9.17) is 11.6 Å². The van der Waals surface area contributed by atoms with Crippen LogP contribution in [0, 0.1) is 0 Å². The van der Waals surface area contributed by atoms with Crippen LogP contribution in [-0.2, 0) is 16.1 Å². The number of carbonyl (C=O) groups excluding carboxylic acids is 2. The van der Waals surface area contributed by atoms with Crippen LogP contribution in [0.3, 0.4) is 0 Å². The van der Waals surface area contributed by atoms with Crippen LogP contribution >= 0.6 is 11.6 Å². The van der Waals surface area contributed by atoms with E-state index in [9.17, 15) is 9.59 Å². The highest BCUT2D eigenvalue weighted by Crippen LogP contribution is 2.20. The van der Waals surface area contributed by atoms with Crippen molar-refractivity contribution in [3.05, 3.63) is 22.8 Å². The molecule has 0 saturated carbocycles. The van der Waals surface area contributed by atoms with Crippen molar-refractivity contribution in [3.63, 3.8) is 0 Å². The largest absolute Gasteiger partial charge is 0.370 e. The smallest absolute Gasteiger partial charge is 0.243 e. The Labute approximate surface area is 128 Å². The zero-order chi connectivity index (χ0) is 15.4. The van der Waals surface area contributed by atoms with Crippen molar-refractivity contribution >= 4 is 29.2 Å². The summed E-state index contributed by atoms with van der Waals surface area (Å²) in [7, 11) is 0. The molecule has 1 saturated heterocycles. The molecule has 6 nitrogen and oxygen atoms in total. The van der Waals surface area contributed by atoms with E-state index >= 15 is 0 Å². The zero-order valence-electron chi connectivity index (χ0n) is 12.1. The minimum absolute atomic E-state index is 0.164. The fourth-order valence-corrected chi connectivity index (χ4v) is 2.27. The van der Waals surface area contributed by atoms with Crippen molar-refractivity contribution in [2.45, 2.75) is 32.9 Å². The number of hydrogen-bond acceptors (Lipinski definition) is 5. The summed E-state index contributed by atoms with van der Waals surface area (Å²) in [5.74, 6) is 0.161. The molecule has 7 heteroatoms. The topological polar surface area (TPSA) is 74.3 Å². The van der Waals surface area contributed by atoms with E-state index in [2.05, 4.69) is 22.5 Å². The van der Waals surface area contributed by atoms with Crippen molar-refractivity contribution in [2.75, 3.05) is 18.4 Å². The van der Waals surface area contributed by atoms with Gasteiger partial charge in [-0.2, -0.15) is 0 Å². The van der Waals surface area contributed by atoms with Gasteiger partial charge in [-0.3, -0.25) is 19.8 Å². The van der Waals surface area contributed by atoms with Gasteiger partial charge in [0, 0.05) is 13.1 Å². The number of nitrogens with one attached hydrogen (secondary N) is 2. The molecule has 21 heavy (non-hydrogen) atoms. The number of aromatic nitrogens is 1. The zero-order valence-corrected chi connectivity index (χ0v) is 12.9. The molecule has 0 spiro atoms. The fourth-order valence-electron chi connectivity index (χ4n) is 2.10. The summed E-state index contributed by atoms with van der Waals surface area (Å²) in [5, 5.41) is 6.04. The lowest BCUT2D eigenvalue weighted by molar-refractivity contribution is -0.139. The number of carbonyl (C=O) groups is 2. The average Bonchev–Trinajstić information content (AvgIpc) is 2.45. The Balaban J connectivity index is 2.14. The molecule has 2 rings (SSSR count). The number of nitrogens with zero attached hydrogens (tertiary/aromatic N) is 2.